The lowest BCUT2D eigenvalue weighted by Crippen LogP contribution is -1.84. The molecule has 0 heteroatoms. The van der Waals surface area contributed by atoms with Gasteiger partial charge in [0.1, 0.15) is 0 Å². The highest BCUT2D eigenvalue weighted by Crippen LogP contribution is 2.08. The predicted molar refractivity (Wildman–Crippen MR) is 41.3 cm³/mol. The van der Waals surface area contributed by atoms with E-state index in [4.69, 9.17) is 0 Å². The fourth-order valence-electron chi connectivity index (χ4n) is 1.04. The maximum absolute atomic E-state index is 2.29. The molecular formula is C9H14. The largest absolute Gasteiger partial charge is 0.0879 e. The molecule has 0 saturated carbocycles. The molecule has 1 rings (SSSR count). The van der Waals surface area contributed by atoms with Crippen LogP contribution in [0.3, 0.4) is 0 Å². The first-order chi connectivity index (χ1) is 4.39. The molecule has 50 valence electrons. The van der Waals surface area contributed by atoms with Gasteiger partial charge in [0.2, 0.25) is 0 Å². The van der Waals surface area contributed by atoms with Crippen molar-refractivity contribution in [1.82, 2.24) is 0 Å². The van der Waals surface area contributed by atoms with Gasteiger partial charge in [-0.15, -0.1) is 0 Å². The van der Waals surface area contributed by atoms with Crippen molar-refractivity contribution in [1.29, 1.82) is 0 Å². The van der Waals surface area contributed by atoms with Crippen molar-refractivity contribution in [2.45, 2.75) is 26.2 Å². The highest BCUT2D eigenvalue weighted by atomic mass is 14.0. The van der Waals surface area contributed by atoms with Crippen LogP contribution in [-0.2, 0) is 0 Å². The van der Waals surface area contributed by atoms with E-state index in [1.54, 1.807) is 0 Å². The zero-order valence-electron chi connectivity index (χ0n) is 6.01. The molecular weight excluding hydrogens is 108 g/mol. The van der Waals surface area contributed by atoms with Gasteiger partial charge in [0, 0.05) is 0 Å². The first kappa shape index (κ1) is 6.60. The molecule has 0 nitrogen and oxygen atoms in total. The third-order valence-electron chi connectivity index (χ3n) is 1.62. The molecule has 0 fully saturated rings. The summed E-state index contributed by atoms with van der Waals surface area (Å²) in [5, 5.41) is 0. The van der Waals surface area contributed by atoms with Crippen LogP contribution in [0.2, 0.25) is 0 Å². The van der Waals surface area contributed by atoms with E-state index in [2.05, 4.69) is 31.2 Å². The van der Waals surface area contributed by atoms with E-state index in [0.717, 1.165) is 0 Å². The summed E-state index contributed by atoms with van der Waals surface area (Å²) in [4.78, 5) is 0. The summed E-state index contributed by atoms with van der Waals surface area (Å²) in [6, 6.07) is 0. The highest BCUT2D eigenvalue weighted by Gasteiger charge is 1.91. The fraction of sp³-hybridized carbons (Fsp3) is 0.556. The topological polar surface area (TPSA) is 0 Å². The maximum Gasteiger partial charge on any atom is -0.00819 e. The number of rotatable bonds is 0. The Morgan fingerprint density at radius 1 is 1.11 bits per heavy atom. The lowest BCUT2D eigenvalue weighted by molar-refractivity contribution is 0.820. The van der Waals surface area contributed by atoms with Crippen molar-refractivity contribution in [3.8, 4) is 0 Å². The Morgan fingerprint density at radius 2 is 1.67 bits per heavy atom. The minimum atomic E-state index is 0.658. The Labute approximate surface area is 57.3 Å². The van der Waals surface area contributed by atoms with E-state index in [1.165, 1.54) is 19.3 Å². The Kier molecular flexibility index (Phi) is 2.56. The summed E-state index contributed by atoms with van der Waals surface area (Å²) in [5.74, 6) is 0.658. The van der Waals surface area contributed by atoms with Crippen molar-refractivity contribution >= 4 is 0 Å². The van der Waals surface area contributed by atoms with Gasteiger partial charge in [-0.3, -0.25) is 0 Å². The summed E-state index contributed by atoms with van der Waals surface area (Å²) in [6.07, 6.45) is 13.0. The van der Waals surface area contributed by atoms with Gasteiger partial charge < -0.3 is 0 Å². The molecule has 0 atom stereocenters. The van der Waals surface area contributed by atoms with E-state index in [1.807, 2.05) is 0 Å². The average Bonchev–Trinajstić information content (AvgIpc) is 1.79. The summed E-state index contributed by atoms with van der Waals surface area (Å²) < 4.78 is 0. The van der Waals surface area contributed by atoms with Crippen molar-refractivity contribution in [3.05, 3.63) is 24.3 Å². The zero-order valence-corrected chi connectivity index (χ0v) is 6.01. The van der Waals surface area contributed by atoms with Crippen LogP contribution < -0.4 is 0 Å². The van der Waals surface area contributed by atoms with Crippen LogP contribution in [0.4, 0.5) is 0 Å². The third kappa shape index (κ3) is 2.50. The van der Waals surface area contributed by atoms with Gasteiger partial charge in [0.05, 0.1) is 0 Å². The van der Waals surface area contributed by atoms with E-state index in [-0.39, 0.29) is 0 Å². The predicted octanol–water partition coefficient (Wildman–Crippen LogP) is 2.92. The van der Waals surface area contributed by atoms with Crippen LogP contribution in [0, 0.1) is 5.92 Å². The Morgan fingerprint density at radius 3 is 2.22 bits per heavy atom. The van der Waals surface area contributed by atoms with Crippen molar-refractivity contribution in [2.75, 3.05) is 0 Å². The second-order valence-electron chi connectivity index (χ2n) is 2.65. The Hall–Kier alpha value is -0.520. The summed E-state index contributed by atoms with van der Waals surface area (Å²) in [6.45, 7) is 2.22. The molecule has 0 spiro atoms. The second-order valence-corrected chi connectivity index (χ2v) is 2.65. The first-order valence-corrected chi connectivity index (χ1v) is 3.73. The van der Waals surface area contributed by atoms with Gasteiger partial charge in [-0.1, -0.05) is 31.2 Å². The normalized spacial score (nSPS) is 27.4. The molecule has 0 bridgehead atoms. The number of allylic oxidation sites excluding steroid dienone is 4. The first-order valence-electron chi connectivity index (χ1n) is 3.73. The van der Waals surface area contributed by atoms with Gasteiger partial charge in [-0.25, -0.2) is 0 Å². The molecule has 0 aromatic heterocycles. The van der Waals surface area contributed by atoms with Crippen LogP contribution in [-0.4, -0.2) is 0 Å². The quantitative estimate of drug-likeness (QED) is 0.433. The van der Waals surface area contributed by atoms with Gasteiger partial charge >= 0.3 is 0 Å². The van der Waals surface area contributed by atoms with E-state index >= 15 is 0 Å². The minimum absolute atomic E-state index is 0.658. The van der Waals surface area contributed by atoms with E-state index < -0.39 is 0 Å². The summed E-state index contributed by atoms with van der Waals surface area (Å²) >= 11 is 0. The van der Waals surface area contributed by atoms with Crippen LogP contribution in [0.25, 0.3) is 0 Å². The molecule has 0 saturated heterocycles. The van der Waals surface area contributed by atoms with Gasteiger partial charge in [-0.05, 0) is 25.2 Å². The molecule has 9 heavy (non-hydrogen) atoms. The van der Waals surface area contributed by atoms with Gasteiger partial charge in [0.25, 0.3) is 0 Å². The molecule has 0 unspecified atom stereocenters. The molecule has 0 N–H and O–H groups in total. The SMILES string of the molecule is CC1C=CCCCC=C1. The highest BCUT2D eigenvalue weighted by molar-refractivity contribution is 5.00. The standard InChI is InChI=1S/C9H14/c1-9-7-5-3-2-4-6-8-9/h5-9H,2-4H2,1H3. The van der Waals surface area contributed by atoms with Crippen LogP contribution in [0.5, 0.6) is 0 Å². The second kappa shape index (κ2) is 3.49. The minimum Gasteiger partial charge on any atom is -0.0879 e. The molecule has 0 heterocycles. The van der Waals surface area contributed by atoms with Crippen molar-refractivity contribution < 1.29 is 0 Å². The molecule has 0 aromatic carbocycles. The lowest BCUT2D eigenvalue weighted by Gasteiger charge is -2.00. The number of hydrogen-bond donors (Lipinski definition) is 0. The fourth-order valence-corrected chi connectivity index (χ4v) is 1.04. The molecule has 0 radical (unpaired) electrons. The molecule has 0 aromatic rings. The number of hydrogen-bond acceptors (Lipinski definition) is 0. The molecule has 1 aliphatic carbocycles. The van der Waals surface area contributed by atoms with E-state index in [0.29, 0.717) is 5.92 Å². The van der Waals surface area contributed by atoms with Crippen molar-refractivity contribution in [3.63, 3.8) is 0 Å². The maximum atomic E-state index is 2.29. The van der Waals surface area contributed by atoms with Crippen LogP contribution >= 0.6 is 0 Å². The average molecular weight is 122 g/mol. The zero-order chi connectivity index (χ0) is 6.53. The summed E-state index contributed by atoms with van der Waals surface area (Å²) in [7, 11) is 0. The lowest BCUT2D eigenvalue weighted by atomic mass is 10.1. The molecule has 0 amide bonds. The summed E-state index contributed by atoms with van der Waals surface area (Å²) in [5.41, 5.74) is 0. The Bertz CT molecular complexity index is 106. The smallest absolute Gasteiger partial charge is 0.00819 e. The van der Waals surface area contributed by atoms with Crippen molar-refractivity contribution in [2.24, 2.45) is 5.92 Å². The van der Waals surface area contributed by atoms with Crippen LogP contribution in [0.15, 0.2) is 24.3 Å². The Balaban J connectivity index is 2.44. The van der Waals surface area contributed by atoms with Gasteiger partial charge in [-0.2, -0.15) is 0 Å². The molecule has 1 aliphatic rings. The van der Waals surface area contributed by atoms with E-state index in [9.17, 15) is 0 Å². The van der Waals surface area contributed by atoms with Gasteiger partial charge in [0.15, 0.2) is 0 Å². The third-order valence-corrected chi connectivity index (χ3v) is 1.62. The van der Waals surface area contributed by atoms with Crippen LogP contribution in [0.1, 0.15) is 26.2 Å². The monoisotopic (exact) mass is 122 g/mol. The molecule has 0 aliphatic heterocycles.